The van der Waals surface area contributed by atoms with Gasteiger partial charge >= 0.3 is 6.03 Å². The lowest BCUT2D eigenvalue weighted by Gasteiger charge is -2.40. The number of thiophene rings is 1. The van der Waals surface area contributed by atoms with Crippen molar-refractivity contribution >= 4 is 29.0 Å². The number of carbonyl (C=O) groups is 2. The van der Waals surface area contributed by atoms with Crippen molar-refractivity contribution in [3.05, 3.63) is 16.8 Å². The molecule has 0 aliphatic carbocycles. The van der Waals surface area contributed by atoms with Gasteiger partial charge in [-0.05, 0) is 43.6 Å². The number of urea groups is 1. The third-order valence-corrected chi connectivity index (χ3v) is 6.23. The Morgan fingerprint density at radius 2 is 1.83 bits per heavy atom. The minimum atomic E-state index is -0.352. The zero-order chi connectivity index (χ0) is 15.9. The Kier molecular flexibility index (Phi) is 3.79. The summed E-state index contributed by atoms with van der Waals surface area (Å²) in [6.45, 7) is 3.92. The van der Waals surface area contributed by atoms with E-state index in [1.807, 2.05) is 31.5 Å². The lowest BCUT2D eigenvalue weighted by Crippen LogP contribution is -2.53. The minimum absolute atomic E-state index is 0.142. The van der Waals surface area contributed by atoms with E-state index in [0.717, 1.165) is 64.0 Å². The maximum absolute atomic E-state index is 13.0. The Morgan fingerprint density at radius 3 is 2.57 bits per heavy atom. The van der Waals surface area contributed by atoms with E-state index < -0.39 is 0 Å². The molecule has 6 heteroatoms. The van der Waals surface area contributed by atoms with Crippen LogP contribution in [0.5, 0.6) is 0 Å². The number of anilines is 1. The number of carbonyl (C=O) groups excluding carboxylic acids is 2. The molecule has 1 aromatic heterocycles. The van der Waals surface area contributed by atoms with Crippen LogP contribution in [-0.2, 0) is 4.79 Å². The van der Waals surface area contributed by atoms with Crippen molar-refractivity contribution in [3.63, 3.8) is 0 Å². The second kappa shape index (κ2) is 5.82. The highest BCUT2D eigenvalue weighted by atomic mass is 32.1. The van der Waals surface area contributed by atoms with Gasteiger partial charge in [-0.2, -0.15) is 11.3 Å². The summed E-state index contributed by atoms with van der Waals surface area (Å²) < 4.78 is 0. The first kappa shape index (κ1) is 15.0. The Hall–Kier alpha value is -1.56. The molecule has 1 spiro atoms. The summed E-state index contributed by atoms with van der Waals surface area (Å²) in [5, 5.41) is 4.05. The van der Waals surface area contributed by atoms with Crippen LogP contribution in [0.1, 0.15) is 32.1 Å². The second-order valence-corrected chi connectivity index (χ2v) is 7.75. The van der Waals surface area contributed by atoms with Crippen LogP contribution in [0.2, 0.25) is 0 Å². The van der Waals surface area contributed by atoms with Crippen LogP contribution in [0.25, 0.3) is 0 Å². The normalized spacial score (nSPS) is 28.2. The molecule has 0 saturated carbocycles. The molecule has 3 fully saturated rings. The number of hydrogen-bond acceptors (Lipinski definition) is 3. The molecule has 0 radical (unpaired) electrons. The summed E-state index contributed by atoms with van der Waals surface area (Å²) in [5.41, 5.74) is 0.662. The molecule has 0 N–H and O–H groups in total. The van der Waals surface area contributed by atoms with E-state index in [2.05, 4.69) is 0 Å². The van der Waals surface area contributed by atoms with Gasteiger partial charge in [-0.1, -0.05) is 0 Å². The topological polar surface area (TPSA) is 43.9 Å². The first-order valence-electron chi connectivity index (χ1n) is 8.58. The zero-order valence-electron chi connectivity index (χ0n) is 13.4. The molecule has 5 nitrogen and oxygen atoms in total. The molecule has 3 aliphatic heterocycles. The molecule has 1 aromatic rings. The summed E-state index contributed by atoms with van der Waals surface area (Å²) in [7, 11) is 0. The summed E-state index contributed by atoms with van der Waals surface area (Å²) in [6.07, 6.45) is 4.93. The Balaban J connectivity index is 1.50. The standard InChI is InChI=1S/C17H23N3O2S/c21-15-17(6-10-20(15)14-4-11-23-12-14)5-3-9-19(13-17)16(22)18-7-1-2-8-18/h4,11-12H,1-3,5-10,13H2/t17-/m1/s1. The number of amides is 3. The van der Waals surface area contributed by atoms with Crippen LogP contribution >= 0.6 is 11.3 Å². The molecule has 4 heterocycles. The Bertz CT molecular complexity index is 597. The largest absolute Gasteiger partial charge is 0.325 e. The molecule has 3 amide bonds. The minimum Gasteiger partial charge on any atom is -0.325 e. The van der Waals surface area contributed by atoms with Crippen molar-refractivity contribution in [2.45, 2.75) is 32.1 Å². The lowest BCUT2D eigenvalue weighted by molar-refractivity contribution is -0.127. The van der Waals surface area contributed by atoms with Gasteiger partial charge in [0, 0.05) is 38.1 Å². The highest BCUT2D eigenvalue weighted by molar-refractivity contribution is 7.08. The van der Waals surface area contributed by atoms with Crippen LogP contribution in [-0.4, -0.2) is 54.5 Å². The maximum atomic E-state index is 13.0. The average molecular weight is 333 g/mol. The lowest BCUT2D eigenvalue weighted by atomic mass is 9.78. The van der Waals surface area contributed by atoms with Gasteiger partial charge in [0.2, 0.25) is 5.91 Å². The molecule has 0 aromatic carbocycles. The predicted molar refractivity (Wildman–Crippen MR) is 90.7 cm³/mol. The SMILES string of the molecule is O=C(N1CCCC1)N1CCC[C@@]2(CCN(c3ccsc3)C2=O)C1. The van der Waals surface area contributed by atoms with Crippen LogP contribution in [0.3, 0.4) is 0 Å². The fraction of sp³-hybridized carbons (Fsp3) is 0.647. The Morgan fingerprint density at radius 1 is 1.04 bits per heavy atom. The third kappa shape index (κ3) is 2.53. The smallest absolute Gasteiger partial charge is 0.320 e. The number of likely N-dealkylation sites (tertiary alicyclic amines) is 2. The fourth-order valence-electron chi connectivity index (χ4n) is 4.26. The molecule has 0 unspecified atom stereocenters. The van der Waals surface area contributed by atoms with Crippen LogP contribution in [0, 0.1) is 5.41 Å². The number of rotatable bonds is 1. The van der Waals surface area contributed by atoms with Crippen molar-refractivity contribution in [1.82, 2.24) is 9.80 Å². The van der Waals surface area contributed by atoms with Crippen LogP contribution in [0.15, 0.2) is 16.8 Å². The number of nitrogens with zero attached hydrogens (tertiary/aromatic N) is 3. The van der Waals surface area contributed by atoms with E-state index >= 15 is 0 Å². The molecular formula is C17H23N3O2S. The van der Waals surface area contributed by atoms with Crippen molar-refractivity contribution in [3.8, 4) is 0 Å². The fourth-order valence-corrected chi connectivity index (χ4v) is 4.90. The molecule has 3 aliphatic rings. The van der Waals surface area contributed by atoms with Gasteiger partial charge in [0.1, 0.15) is 0 Å². The number of piperidine rings is 1. The summed E-state index contributed by atoms with van der Waals surface area (Å²) >= 11 is 1.62. The molecule has 124 valence electrons. The monoisotopic (exact) mass is 333 g/mol. The van der Waals surface area contributed by atoms with E-state index in [4.69, 9.17) is 0 Å². The highest BCUT2D eigenvalue weighted by Crippen LogP contribution is 2.42. The molecule has 4 rings (SSSR count). The molecular weight excluding hydrogens is 310 g/mol. The summed E-state index contributed by atoms with van der Waals surface area (Å²) in [6, 6.07) is 2.15. The van der Waals surface area contributed by atoms with Gasteiger partial charge in [0.15, 0.2) is 0 Å². The van der Waals surface area contributed by atoms with E-state index in [0.29, 0.717) is 6.54 Å². The van der Waals surface area contributed by atoms with Gasteiger partial charge in [0.05, 0.1) is 11.1 Å². The predicted octanol–water partition coefficient (Wildman–Crippen LogP) is 2.78. The van der Waals surface area contributed by atoms with Gasteiger partial charge in [-0.25, -0.2) is 4.79 Å². The quantitative estimate of drug-likeness (QED) is 0.793. The first-order valence-corrected chi connectivity index (χ1v) is 9.52. The van der Waals surface area contributed by atoms with Gasteiger partial charge in [-0.3, -0.25) is 4.79 Å². The highest BCUT2D eigenvalue weighted by Gasteiger charge is 2.50. The van der Waals surface area contributed by atoms with Crippen molar-refractivity contribution in [2.75, 3.05) is 37.6 Å². The maximum Gasteiger partial charge on any atom is 0.320 e. The van der Waals surface area contributed by atoms with E-state index in [1.54, 1.807) is 11.3 Å². The number of hydrogen-bond donors (Lipinski definition) is 0. The average Bonchev–Trinajstić information content (AvgIpc) is 3.31. The van der Waals surface area contributed by atoms with Crippen molar-refractivity contribution < 1.29 is 9.59 Å². The molecule has 0 bridgehead atoms. The van der Waals surface area contributed by atoms with Crippen molar-refractivity contribution in [2.24, 2.45) is 5.41 Å². The summed E-state index contributed by atoms with van der Waals surface area (Å²) in [4.78, 5) is 31.5. The van der Waals surface area contributed by atoms with Crippen LogP contribution in [0.4, 0.5) is 10.5 Å². The van der Waals surface area contributed by atoms with Gasteiger partial charge in [-0.15, -0.1) is 0 Å². The summed E-state index contributed by atoms with van der Waals surface area (Å²) in [5.74, 6) is 0.217. The molecule has 23 heavy (non-hydrogen) atoms. The van der Waals surface area contributed by atoms with E-state index in [9.17, 15) is 9.59 Å². The first-order chi connectivity index (χ1) is 11.2. The van der Waals surface area contributed by atoms with Gasteiger partial charge < -0.3 is 14.7 Å². The van der Waals surface area contributed by atoms with Crippen molar-refractivity contribution in [1.29, 1.82) is 0 Å². The van der Waals surface area contributed by atoms with E-state index in [-0.39, 0.29) is 17.4 Å². The zero-order valence-corrected chi connectivity index (χ0v) is 14.2. The van der Waals surface area contributed by atoms with Crippen LogP contribution < -0.4 is 4.90 Å². The van der Waals surface area contributed by atoms with Gasteiger partial charge in [0.25, 0.3) is 0 Å². The van der Waals surface area contributed by atoms with E-state index in [1.165, 1.54) is 0 Å². The molecule has 1 atom stereocenters. The third-order valence-electron chi connectivity index (χ3n) is 5.55. The Labute approximate surface area is 140 Å². The molecule has 3 saturated heterocycles. The second-order valence-electron chi connectivity index (χ2n) is 6.97.